The molecule has 0 aromatic carbocycles. The number of hydrogen-bond acceptors (Lipinski definition) is 4. The van der Waals surface area contributed by atoms with Crippen molar-refractivity contribution in [3.63, 3.8) is 0 Å². The highest BCUT2D eigenvalue weighted by atomic mass is 32.2. The highest BCUT2D eigenvalue weighted by Crippen LogP contribution is 2.41. The molecule has 0 bridgehead atoms. The van der Waals surface area contributed by atoms with E-state index in [0.29, 0.717) is 19.3 Å². The highest BCUT2D eigenvalue weighted by molar-refractivity contribution is 7.87. The van der Waals surface area contributed by atoms with Gasteiger partial charge in [0.05, 0.1) is 12.0 Å². The van der Waals surface area contributed by atoms with Gasteiger partial charge in [0.2, 0.25) is 0 Å². The van der Waals surface area contributed by atoms with Gasteiger partial charge in [0.15, 0.2) is 0 Å². The van der Waals surface area contributed by atoms with Crippen LogP contribution in [0.15, 0.2) is 0 Å². The number of carboxylic acids is 1. The summed E-state index contributed by atoms with van der Waals surface area (Å²) in [4.78, 5) is 10.9. The molecule has 3 N–H and O–H groups in total. The van der Waals surface area contributed by atoms with Crippen LogP contribution < -0.4 is 4.72 Å². The number of aliphatic hydroxyl groups is 1. The molecule has 0 aromatic rings. The molecule has 1 heterocycles. The van der Waals surface area contributed by atoms with Gasteiger partial charge in [0, 0.05) is 24.5 Å². The van der Waals surface area contributed by atoms with Gasteiger partial charge >= 0.3 is 5.97 Å². The number of piperidine rings is 1. The predicted molar refractivity (Wildman–Crippen MR) is 72.2 cm³/mol. The smallest absolute Gasteiger partial charge is 0.306 e. The zero-order chi connectivity index (χ0) is 15.1. The Bertz CT molecular complexity index is 482. The van der Waals surface area contributed by atoms with Crippen LogP contribution in [0.3, 0.4) is 0 Å². The summed E-state index contributed by atoms with van der Waals surface area (Å²) in [5.74, 6) is -1.32. The molecule has 0 amide bonds. The van der Waals surface area contributed by atoms with E-state index in [0.717, 1.165) is 0 Å². The lowest BCUT2D eigenvalue weighted by Crippen LogP contribution is -2.63. The third-order valence-corrected chi connectivity index (χ3v) is 6.28. The third-order valence-electron chi connectivity index (χ3n) is 4.65. The first-order valence-electron chi connectivity index (χ1n) is 6.83. The lowest BCUT2D eigenvalue weighted by molar-refractivity contribution is -0.142. The van der Waals surface area contributed by atoms with Crippen molar-refractivity contribution in [2.75, 3.05) is 13.1 Å². The molecule has 1 saturated carbocycles. The maximum absolute atomic E-state index is 12.2. The number of nitrogens with one attached hydrogen (secondary N) is 1. The van der Waals surface area contributed by atoms with Crippen LogP contribution in [0.1, 0.15) is 33.1 Å². The molecular formula is C12H22N2O5S. The molecule has 2 fully saturated rings. The minimum Gasteiger partial charge on any atom is -0.481 e. The predicted octanol–water partition coefficient (Wildman–Crippen LogP) is -0.223. The molecule has 2 unspecified atom stereocenters. The lowest BCUT2D eigenvalue weighted by Gasteiger charge is -2.49. The number of nitrogens with zero attached hydrogens (tertiary/aromatic N) is 1. The Morgan fingerprint density at radius 1 is 1.30 bits per heavy atom. The molecule has 0 radical (unpaired) electrons. The molecule has 1 saturated heterocycles. The molecule has 20 heavy (non-hydrogen) atoms. The maximum atomic E-state index is 12.2. The molecule has 2 aliphatic rings. The number of carbonyl (C=O) groups is 1. The van der Waals surface area contributed by atoms with Crippen LogP contribution in [0.25, 0.3) is 0 Å². The average Bonchev–Trinajstić information content (AvgIpc) is 2.38. The standard InChI is InChI=1S/C12H22N2O5S/c1-12(2)9(7-10(12)15)13-20(18,19)14-5-3-8(4-6-14)11(16)17/h8-10,13,15H,3-7H2,1-2H3,(H,16,17). The van der Waals surface area contributed by atoms with Crippen molar-refractivity contribution >= 4 is 16.2 Å². The topological polar surface area (TPSA) is 107 Å². The molecular weight excluding hydrogens is 284 g/mol. The highest BCUT2D eigenvalue weighted by Gasteiger charge is 2.49. The first kappa shape index (κ1) is 15.7. The van der Waals surface area contributed by atoms with Crippen molar-refractivity contribution < 1.29 is 23.4 Å². The van der Waals surface area contributed by atoms with Crippen LogP contribution in [-0.4, -0.2) is 54.1 Å². The number of aliphatic hydroxyl groups excluding tert-OH is 1. The van der Waals surface area contributed by atoms with Gasteiger partial charge in [-0.15, -0.1) is 0 Å². The number of aliphatic carboxylic acids is 1. The zero-order valence-corrected chi connectivity index (χ0v) is 12.6. The summed E-state index contributed by atoms with van der Waals surface area (Å²) >= 11 is 0. The number of rotatable bonds is 4. The number of carboxylic acid groups (broad SMARTS) is 1. The lowest BCUT2D eigenvalue weighted by atomic mass is 9.65. The van der Waals surface area contributed by atoms with Crippen LogP contribution in [0, 0.1) is 11.3 Å². The van der Waals surface area contributed by atoms with Crippen molar-refractivity contribution in [3.8, 4) is 0 Å². The first-order valence-corrected chi connectivity index (χ1v) is 8.27. The van der Waals surface area contributed by atoms with Gasteiger partial charge in [0.25, 0.3) is 10.2 Å². The van der Waals surface area contributed by atoms with Crippen molar-refractivity contribution in [2.45, 2.75) is 45.3 Å². The van der Waals surface area contributed by atoms with E-state index in [1.54, 1.807) is 0 Å². The second kappa shape index (κ2) is 5.25. The summed E-state index contributed by atoms with van der Waals surface area (Å²) in [6.45, 7) is 4.10. The summed E-state index contributed by atoms with van der Waals surface area (Å²) in [7, 11) is -3.61. The Labute approximate surface area is 119 Å². The van der Waals surface area contributed by atoms with Crippen LogP contribution in [-0.2, 0) is 15.0 Å². The molecule has 0 aromatic heterocycles. The van der Waals surface area contributed by atoms with Gasteiger partial charge in [-0.25, -0.2) is 0 Å². The minimum atomic E-state index is -3.61. The normalized spacial score (nSPS) is 31.8. The van der Waals surface area contributed by atoms with Gasteiger partial charge in [-0.3, -0.25) is 4.79 Å². The molecule has 116 valence electrons. The van der Waals surface area contributed by atoms with Crippen molar-refractivity contribution in [1.29, 1.82) is 0 Å². The van der Waals surface area contributed by atoms with Gasteiger partial charge in [-0.2, -0.15) is 17.4 Å². The molecule has 1 aliphatic heterocycles. The summed E-state index contributed by atoms with van der Waals surface area (Å²) < 4.78 is 28.4. The molecule has 2 atom stereocenters. The monoisotopic (exact) mass is 306 g/mol. The van der Waals surface area contributed by atoms with E-state index >= 15 is 0 Å². The van der Waals surface area contributed by atoms with Crippen LogP contribution in [0.4, 0.5) is 0 Å². The van der Waals surface area contributed by atoms with Gasteiger partial charge < -0.3 is 10.2 Å². The largest absolute Gasteiger partial charge is 0.481 e. The van der Waals surface area contributed by atoms with Crippen LogP contribution in [0.5, 0.6) is 0 Å². The van der Waals surface area contributed by atoms with E-state index in [2.05, 4.69) is 4.72 Å². The van der Waals surface area contributed by atoms with E-state index < -0.39 is 33.6 Å². The van der Waals surface area contributed by atoms with E-state index in [1.165, 1.54) is 4.31 Å². The molecule has 1 aliphatic carbocycles. The fraction of sp³-hybridized carbons (Fsp3) is 0.917. The van der Waals surface area contributed by atoms with E-state index in [4.69, 9.17) is 5.11 Å². The Balaban J connectivity index is 1.94. The van der Waals surface area contributed by atoms with Crippen LogP contribution in [0.2, 0.25) is 0 Å². The first-order chi connectivity index (χ1) is 9.14. The van der Waals surface area contributed by atoms with Crippen molar-refractivity contribution in [3.05, 3.63) is 0 Å². The van der Waals surface area contributed by atoms with Gasteiger partial charge in [0.1, 0.15) is 0 Å². The van der Waals surface area contributed by atoms with E-state index in [9.17, 15) is 18.3 Å². The average molecular weight is 306 g/mol. The second-order valence-electron chi connectivity index (χ2n) is 6.26. The fourth-order valence-electron chi connectivity index (χ4n) is 2.70. The van der Waals surface area contributed by atoms with Gasteiger partial charge in [-0.1, -0.05) is 13.8 Å². The summed E-state index contributed by atoms with van der Waals surface area (Å²) in [5.41, 5.74) is -0.466. The van der Waals surface area contributed by atoms with Crippen molar-refractivity contribution in [1.82, 2.24) is 9.03 Å². The Morgan fingerprint density at radius 2 is 1.85 bits per heavy atom. The van der Waals surface area contributed by atoms with Crippen molar-refractivity contribution in [2.24, 2.45) is 11.3 Å². The summed E-state index contributed by atoms with van der Waals surface area (Å²) in [6, 6.07) is -0.278. The number of hydrogen-bond donors (Lipinski definition) is 3. The molecule has 2 rings (SSSR count). The van der Waals surface area contributed by atoms with E-state index in [-0.39, 0.29) is 19.1 Å². The quantitative estimate of drug-likeness (QED) is 0.665. The van der Waals surface area contributed by atoms with Gasteiger partial charge in [-0.05, 0) is 19.3 Å². The summed E-state index contributed by atoms with van der Waals surface area (Å²) in [6.07, 6.45) is 0.602. The SMILES string of the molecule is CC1(C)C(O)CC1NS(=O)(=O)N1CCC(C(=O)O)CC1. The zero-order valence-electron chi connectivity index (χ0n) is 11.7. The minimum absolute atomic E-state index is 0.224. The Kier molecular flexibility index (Phi) is 4.12. The van der Waals surface area contributed by atoms with E-state index in [1.807, 2.05) is 13.8 Å². The molecule has 8 heteroatoms. The second-order valence-corrected chi connectivity index (χ2v) is 7.96. The third kappa shape index (κ3) is 2.83. The summed E-state index contributed by atoms with van der Waals surface area (Å²) in [5, 5.41) is 18.5. The molecule has 0 spiro atoms. The maximum Gasteiger partial charge on any atom is 0.306 e. The van der Waals surface area contributed by atoms with Crippen LogP contribution >= 0.6 is 0 Å². The Hall–Kier alpha value is -0.700. The molecule has 7 nitrogen and oxygen atoms in total. The Morgan fingerprint density at radius 3 is 2.25 bits per heavy atom. The fourth-order valence-corrected chi connectivity index (χ4v) is 4.30.